The molecule has 11 N–H and O–H groups in total. The zero-order valence-electron chi connectivity index (χ0n) is 20.9. The van der Waals surface area contributed by atoms with Gasteiger partial charge in [-0.05, 0) is 18.8 Å². The molecule has 0 aliphatic rings. The quantitative estimate of drug-likeness (QED) is 0.0800. The molecule has 5 amide bonds. The first-order valence-corrected chi connectivity index (χ1v) is 11.4. The van der Waals surface area contributed by atoms with E-state index in [1.54, 1.807) is 13.8 Å². The molecule has 17 heteroatoms. The summed E-state index contributed by atoms with van der Waals surface area (Å²) in [4.78, 5) is 95.0. The number of hydrogen-bond donors (Lipinski definition) is 9. The molecule has 0 fully saturated rings. The van der Waals surface area contributed by atoms with Gasteiger partial charge in [0.05, 0.1) is 19.4 Å². The maximum atomic E-state index is 12.9. The second-order valence-electron chi connectivity index (χ2n) is 8.68. The molecule has 0 bridgehead atoms. The zero-order chi connectivity index (χ0) is 29.6. The minimum absolute atomic E-state index is 0.0229. The average Bonchev–Trinajstić information content (AvgIpc) is 2.78. The molecule has 0 aliphatic carbocycles. The Balaban J connectivity index is 5.86. The summed E-state index contributed by atoms with van der Waals surface area (Å²) in [5.74, 6) is -9.69. The lowest BCUT2D eigenvalue weighted by atomic mass is 10.0. The Hall–Kier alpha value is -4.28. The number of carboxylic acids is 3. The van der Waals surface area contributed by atoms with Gasteiger partial charge in [-0.3, -0.25) is 33.6 Å². The van der Waals surface area contributed by atoms with Crippen LogP contribution in [0.1, 0.15) is 46.0 Å². The molecule has 0 radical (unpaired) electrons. The number of nitrogens with one attached hydrogen (secondary N) is 4. The summed E-state index contributed by atoms with van der Waals surface area (Å²) in [6.45, 7) is 2.83. The van der Waals surface area contributed by atoms with Gasteiger partial charge in [-0.25, -0.2) is 4.79 Å². The summed E-state index contributed by atoms with van der Waals surface area (Å²) in [7, 11) is 0. The first kappa shape index (κ1) is 33.7. The predicted molar refractivity (Wildman–Crippen MR) is 127 cm³/mol. The van der Waals surface area contributed by atoms with Gasteiger partial charge in [-0.2, -0.15) is 0 Å². The van der Waals surface area contributed by atoms with E-state index in [-0.39, 0.29) is 12.3 Å². The molecule has 38 heavy (non-hydrogen) atoms. The third-order valence-electron chi connectivity index (χ3n) is 4.86. The standard InChI is InChI=1S/C21H34N6O11/c1-9(2)5-13(21(37)38)27-19(35)11(6-14(23)28)26-18(34)10(3-4-16(30)31)25-20(36)12(7-17(32)33)24-15(29)8-22/h9-13H,3-8,22H2,1-2H3,(H2,23,28)(H,24,29)(H,25,36)(H,26,34)(H,27,35)(H,30,31)(H,32,33)(H,37,38)/t10-,11-,12-,13-/m0/s1. The van der Waals surface area contributed by atoms with E-state index in [0.29, 0.717) is 0 Å². The van der Waals surface area contributed by atoms with Crippen molar-refractivity contribution in [1.82, 2.24) is 21.3 Å². The molecule has 0 spiro atoms. The summed E-state index contributed by atoms with van der Waals surface area (Å²) in [5.41, 5.74) is 10.3. The topological polar surface area (TPSA) is 297 Å². The molecule has 0 unspecified atom stereocenters. The van der Waals surface area contributed by atoms with Crippen LogP contribution in [-0.4, -0.2) is 93.5 Å². The van der Waals surface area contributed by atoms with Gasteiger partial charge in [0.1, 0.15) is 24.2 Å². The molecule has 0 aromatic heterocycles. The van der Waals surface area contributed by atoms with Crippen molar-refractivity contribution in [3.05, 3.63) is 0 Å². The van der Waals surface area contributed by atoms with Crippen LogP contribution in [0.5, 0.6) is 0 Å². The van der Waals surface area contributed by atoms with Crippen LogP contribution < -0.4 is 32.7 Å². The van der Waals surface area contributed by atoms with Crippen LogP contribution in [0, 0.1) is 5.92 Å². The van der Waals surface area contributed by atoms with Gasteiger partial charge in [-0.15, -0.1) is 0 Å². The lowest BCUT2D eigenvalue weighted by Gasteiger charge is -2.25. The highest BCUT2D eigenvalue weighted by atomic mass is 16.4. The highest BCUT2D eigenvalue weighted by Crippen LogP contribution is 2.07. The molecule has 214 valence electrons. The van der Waals surface area contributed by atoms with Crippen molar-refractivity contribution in [2.75, 3.05) is 6.54 Å². The molecule has 0 heterocycles. The number of aliphatic carboxylic acids is 3. The summed E-state index contributed by atoms with van der Waals surface area (Å²) in [5, 5.41) is 35.8. The Morgan fingerprint density at radius 2 is 1.16 bits per heavy atom. The first-order valence-electron chi connectivity index (χ1n) is 11.4. The Bertz CT molecular complexity index is 923. The largest absolute Gasteiger partial charge is 0.481 e. The smallest absolute Gasteiger partial charge is 0.326 e. The number of carbonyl (C=O) groups is 8. The number of hydrogen-bond acceptors (Lipinski definition) is 9. The Morgan fingerprint density at radius 3 is 1.58 bits per heavy atom. The summed E-state index contributed by atoms with van der Waals surface area (Å²) in [6.07, 6.45) is -2.83. The number of nitrogens with two attached hydrogens (primary N) is 2. The zero-order valence-corrected chi connectivity index (χ0v) is 20.9. The van der Waals surface area contributed by atoms with E-state index in [1.807, 2.05) is 0 Å². The minimum atomic E-state index is -1.69. The van der Waals surface area contributed by atoms with Crippen LogP contribution in [0.2, 0.25) is 0 Å². The van der Waals surface area contributed by atoms with Crippen LogP contribution in [0.4, 0.5) is 0 Å². The normalized spacial score (nSPS) is 13.8. The molecule has 4 atom stereocenters. The van der Waals surface area contributed by atoms with Gasteiger partial charge >= 0.3 is 17.9 Å². The van der Waals surface area contributed by atoms with Crippen LogP contribution in [-0.2, 0) is 38.4 Å². The maximum Gasteiger partial charge on any atom is 0.326 e. The minimum Gasteiger partial charge on any atom is -0.481 e. The second-order valence-corrected chi connectivity index (χ2v) is 8.68. The van der Waals surface area contributed by atoms with Crippen LogP contribution >= 0.6 is 0 Å². The van der Waals surface area contributed by atoms with Gasteiger partial charge < -0.3 is 48.1 Å². The number of carboxylic acid groups (broad SMARTS) is 3. The van der Waals surface area contributed by atoms with E-state index >= 15 is 0 Å². The van der Waals surface area contributed by atoms with Gasteiger partial charge in [-0.1, -0.05) is 13.8 Å². The average molecular weight is 547 g/mol. The molecule has 0 aliphatic heterocycles. The van der Waals surface area contributed by atoms with E-state index in [2.05, 4.69) is 21.3 Å². The van der Waals surface area contributed by atoms with E-state index in [1.165, 1.54) is 0 Å². The Labute approximate surface area is 217 Å². The fourth-order valence-electron chi connectivity index (χ4n) is 3.09. The predicted octanol–water partition coefficient (Wildman–Crippen LogP) is -3.77. The van der Waals surface area contributed by atoms with Crippen molar-refractivity contribution >= 4 is 47.4 Å². The fraction of sp³-hybridized carbons (Fsp3) is 0.619. The maximum absolute atomic E-state index is 12.9. The van der Waals surface area contributed by atoms with Crippen molar-refractivity contribution in [3.63, 3.8) is 0 Å². The molecule has 0 saturated carbocycles. The molecule has 17 nitrogen and oxygen atoms in total. The lowest BCUT2D eigenvalue weighted by Crippen LogP contribution is -2.58. The molecule has 0 rings (SSSR count). The molecule has 0 aromatic rings. The Kier molecular flexibility index (Phi) is 14.6. The third kappa shape index (κ3) is 13.7. The number of primary amides is 1. The first-order chi connectivity index (χ1) is 17.6. The molecular weight excluding hydrogens is 512 g/mol. The third-order valence-corrected chi connectivity index (χ3v) is 4.86. The van der Waals surface area contributed by atoms with Crippen molar-refractivity contribution in [2.45, 2.75) is 70.1 Å². The monoisotopic (exact) mass is 546 g/mol. The molecule has 0 saturated heterocycles. The number of rotatable bonds is 18. The second kappa shape index (κ2) is 16.5. The summed E-state index contributed by atoms with van der Waals surface area (Å²) >= 11 is 0. The number of carbonyl (C=O) groups excluding carboxylic acids is 5. The van der Waals surface area contributed by atoms with Crippen LogP contribution in [0.3, 0.4) is 0 Å². The highest BCUT2D eigenvalue weighted by molar-refractivity contribution is 5.97. The van der Waals surface area contributed by atoms with Crippen molar-refractivity contribution < 1.29 is 53.7 Å². The van der Waals surface area contributed by atoms with Gasteiger partial charge in [0.15, 0.2) is 0 Å². The Morgan fingerprint density at radius 1 is 0.684 bits per heavy atom. The lowest BCUT2D eigenvalue weighted by molar-refractivity contribution is -0.143. The van der Waals surface area contributed by atoms with Crippen LogP contribution in [0.25, 0.3) is 0 Å². The highest BCUT2D eigenvalue weighted by Gasteiger charge is 2.33. The van der Waals surface area contributed by atoms with E-state index in [4.69, 9.17) is 21.7 Å². The van der Waals surface area contributed by atoms with E-state index in [9.17, 15) is 43.5 Å². The molecule has 0 aromatic carbocycles. The van der Waals surface area contributed by atoms with E-state index in [0.717, 1.165) is 0 Å². The van der Waals surface area contributed by atoms with Crippen molar-refractivity contribution in [2.24, 2.45) is 17.4 Å². The number of amides is 5. The van der Waals surface area contributed by atoms with Gasteiger partial charge in [0, 0.05) is 6.42 Å². The fourth-order valence-corrected chi connectivity index (χ4v) is 3.09. The van der Waals surface area contributed by atoms with Gasteiger partial charge in [0.2, 0.25) is 29.5 Å². The summed E-state index contributed by atoms with van der Waals surface area (Å²) < 4.78 is 0. The van der Waals surface area contributed by atoms with Crippen LogP contribution in [0.15, 0.2) is 0 Å². The van der Waals surface area contributed by atoms with E-state index < -0.39 is 104 Å². The SMILES string of the molecule is CC(C)C[C@H](NC(=O)[C@H](CC(N)=O)NC(=O)[C@H](CCC(=O)O)NC(=O)[C@H](CC(=O)O)NC(=O)CN)C(=O)O. The van der Waals surface area contributed by atoms with Crippen molar-refractivity contribution in [3.8, 4) is 0 Å². The summed E-state index contributed by atoms with van der Waals surface area (Å²) in [6, 6.07) is -6.40. The molecular formula is C21H34N6O11. The van der Waals surface area contributed by atoms with Crippen molar-refractivity contribution in [1.29, 1.82) is 0 Å². The van der Waals surface area contributed by atoms with Gasteiger partial charge in [0.25, 0.3) is 0 Å².